The van der Waals surface area contributed by atoms with E-state index >= 15 is 0 Å². The van der Waals surface area contributed by atoms with Crippen LogP contribution in [-0.4, -0.2) is 4.57 Å². The second-order valence-corrected chi connectivity index (χ2v) is 3.89. The highest BCUT2D eigenvalue weighted by Gasteiger charge is 2.02. The van der Waals surface area contributed by atoms with Crippen LogP contribution in [0.5, 0.6) is 5.75 Å². The lowest BCUT2D eigenvalue weighted by Crippen LogP contribution is -1.95. The van der Waals surface area contributed by atoms with Gasteiger partial charge < -0.3 is 4.57 Å². The van der Waals surface area contributed by atoms with Gasteiger partial charge in [0.15, 0.2) is 5.75 Å². The Kier molecular flexibility index (Phi) is 3.38. The van der Waals surface area contributed by atoms with E-state index in [1.54, 1.807) is 0 Å². The molecule has 0 aliphatic rings. The van der Waals surface area contributed by atoms with Gasteiger partial charge in [0.2, 0.25) is 0 Å². The summed E-state index contributed by atoms with van der Waals surface area (Å²) in [5.41, 5.74) is 1.21. The Bertz CT molecular complexity index is 540. The number of hydrogen-bond donors (Lipinski definition) is 0. The van der Waals surface area contributed by atoms with E-state index in [0.717, 1.165) is 17.7 Å². The van der Waals surface area contributed by atoms with Crippen LogP contribution in [-0.2, 0) is 11.4 Å². The second-order valence-electron chi connectivity index (χ2n) is 3.89. The number of aromatic nitrogens is 1. The van der Waals surface area contributed by atoms with E-state index in [2.05, 4.69) is 23.8 Å². The van der Waals surface area contributed by atoms with Crippen molar-refractivity contribution in [1.82, 2.24) is 4.57 Å². The van der Waals surface area contributed by atoms with E-state index in [-0.39, 0.29) is 0 Å². The number of hydrogen-bond acceptors (Lipinski definition) is 2. The molecule has 0 amide bonds. The molecule has 1 aromatic heterocycles. The highest BCUT2D eigenvalue weighted by Crippen LogP contribution is 2.22. The van der Waals surface area contributed by atoms with Crippen molar-refractivity contribution in [3.63, 3.8) is 0 Å². The molecule has 0 fully saturated rings. The summed E-state index contributed by atoms with van der Waals surface area (Å²) in [6.07, 6.45) is 3.93. The van der Waals surface area contributed by atoms with Crippen LogP contribution in [0.2, 0.25) is 0 Å². The normalized spacial score (nSPS) is 11.8. The van der Waals surface area contributed by atoms with Crippen molar-refractivity contribution < 1.29 is 9.78 Å². The molecule has 2 rings (SSSR count). The maximum atomic E-state index is 5.23. The first-order valence-electron chi connectivity index (χ1n) is 5.81. The van der Waals surface area contributed by atoms with Gasteiger partial charge in [0, 0.05) is 23.6 Å². The molecular weight excluding hydrogens is 214 g/mol. The van der Waals surface area contributed by atoms with Crippen LogP contribution in [0.15, 0.2) is 42.3 Å². The fourth-order valence-corrected chi connectivity index (χ4v) is 1.67. The fraction of sp³-hybridized carbons (Fsp3) is 0.286. The third kappa shape index (κ3) is 2.44. The van der Waals surface area contributed by atoms with Gasteiger partial charge in [0.05, 0.1) is 0 Å². The molecule has 0 unspecified atom stereocenters. The Hall–Kier alpha value is -1.90. The van der Waals surface area contributed by atoms with Crippen LogP contribution in [0, 0.1) is 0 Å². The molecular formula is C14H17NO2. The number of allylic oxidation sites excluding steroid dienone is 2. The van der Waals surface area contributed by atoms with Gasteiger partial charge in [0.1, 0.15) is 5.76 Å². The van der Waals surface area contributed by atoms with Crippen molar-refractivity contribution in [2.24, 2.45) is 0 Å². The average Bonchev–Trinajstić information content (AvgIpc) is 2.78. The van der Waals surface area contributed by atoms with Crippen molar-refractivity contribution in [1.29, 1.82) is 0 Å². The highest BCUT2D eigenvalue weighted by atomic mass is 17.2. The minimum absolute atomic E-state index is 0.715. The predicted molar refractivity (Wildman–Crippen MR) is 68.8 cm³/mol. The fourth-order valence-electron chi connectivity index (χ4n) is 1.67. The molecule has 90 valence electrons. The number of fused-ring (bicyclic) bond motifs is 1. The molecule has 2 aromatic rings. The van der Waals surface area contributed by atoms with Crippen LogP contribution in [0.3, 0.4) is 0 Å². The zero-order valence-electron chi connectivity index (χ0n) is 10.4. The first-order valence-corrected chi connectivity index (χ1v) is 5.81. The minimum Gasteiger partial charge on any atom is -0.348 e. The Morgan fingerprint density at radius 3 is 2.88 bits per heavy atom. The lowest BCUT2D eigenvalue weighted by molar-refractivity contribution is -0.165. The molecule has 3 nitrogen and oxygen atoms in total. The predicted octanol–water partition coefficient (Wildman–Crippen LogP) is 3.90. The van der Waals surface area contributed by atoms with E-state index in [9.17, 15) is 0 Å². The molecule has 0 saturated carbocycles. The molecule has 17 heavy (non-hydrogen) atoms. The maximum absolute atomic E-state index is 5.23. The summed E-state index contributed by atoms with van der Waals surface area (Å²) in [5, 5.41) is 1.16. The average molecular weight is 231 g/mol. The van der Waals surface area contributed by atoms with E-state index in [0.29, 0.717) is 5.75 Å². The highest BCUT2D eigenvalue weighted by molar-refractivity contribution is 5.81. The zero-order chi connectivity index (χ0) is 12.3. The van der Waals surface area contributed by atoms with Crippen molar-refractivity contribution >= 4 is 10.9 Å². The lowest BCUT2D eigenvalue weighted by Gasteiger charge is -2.06. The Morgan fingerprint density at radius 1 is 1.35 bits per heavy atom. The quantitative estimate of drug-likeness (QED) is 0.452. The van der Waals surface area contributed by atoms with Crippen molar-refractivity contribution in [2.45, 2.75) is 27.3 Å². The monoisotopic (exact) mass is 231 g/mol. The number of benzene rings is 1. The number of aryl methyl sites for hydroxylation is 1. The van der Waals surface area contributed by atoms with Gasteiger partial charge in [0.25, 0.3) is 0 Å². The SMILES string of the molecule is CC=C(C)OOc1ccc2c(ccn2CC)c1. The van der Waals surface area contributed by atoms with Gasteiger partial charge >= 0.3 is 0 Å². The van der Waals surface area contributed by atoms with Gasteiger partial charge in [-0.05, 0) is 51.1 Å². The molecule has 1 aromatic carbocycles. The molecule has 1 heterocycles. The summed E-state index contributed by atoms with van der Waals surface area (Å²) in [5.74, 6) is 1.46. The first kappa shape index (κ1) is 11.6. The third-order valence-corrected chi connectivity index (χ3v) is 2.76. The van der Waals surface area contributed by atoms with Crippen LogP contribution in [0.4, 0.5) is 0 Å². The van der Waals surface area contributed by atoms with E-state index in [1.807, 2.05) is 38.1 Å². The smallest absolute Gasteiger partial charge is 0.179 e. The van der Waals surface area contributed by atoms with Gasteiger partial charge in [-0.25, -0.2) is 0 Å². The van der Waals surface area contributed by atoms with Crippen LogP contribution in [0.1, 0.15) is 20.8 Å². The molecule has 0 atom stereocenters. The van der Waals surface area contributed by atoms with Gasteiger partial charge in [-0.1, -0.05) is 0 Å². The maximum Gasteiger partial charge on any atom is 0.179 e. The van der Waals surface area contributed by atoms with Crippen LogP contribution in [0.25, 0.3) is 10.9 Å². The second kappa shape index (κ2) is 4.95. The van der Waals surface area contributed by atoms with Crippen molar-refractivity contribution in [3.8, 4) is 5.75 Å². The zero-order valence-corrected chi connectivity index (χ0v) is 10.4. The molecule has 0 aliphatic carbocycles. The van der Waals surface area contributed by atoms with Gasteiger partial charge in [-0.3, -0.25) is 9.78 Å². The largest absolute Gasteiger partial charge is 0.348 e. The first-order chi connectivity index (χ1) is 8.24. The Labute approximate surface area is 101 Å². The molecule has 0 saturated heterocycles. The summed E-state index contributed by atoms with van der Waals surface area (Å²) in [6, 6.07) is 8.01. The van der Waals surface area contributed by atoms with Crippen LogP contribution < -0.4 is 4.89 Å². The molecule has 0 radical (unpaired) electrons. The molecule has 0 aliphatic heterocycles. The van der Waals surface area contributed by atoms with Gasteiger partial charge in [-0.2, -0.15) is 0 Å². The lowest BCUT2D eigenvalue weighted by atomic mass is 10.2. The number of nitrogens with zero attached hydrogens (tertiary/aromatic N) is 1. The van der Waals surface area contributed by atoms with E-state index in [4.69, 9.17) is 9.78 Å². The topological polar surface area (TPSA) is 23.4 Å². The third-order valence-electron chi connectivity index (χ3n) is 2.76. The Balaban J connectivity index is 2.20. The summed E-state index contributed by atoms with van der Waals surface area (Å²) in [7, 11) is 0. The van der Waals surface area contributed by atoms with Crippen LogP contribution >= 0.6 is 0 Å². The molecule has 0 bridgehead atoms. The van der Waals surface area contributed by atoms with Crippen molar-refractivity contribution in [3.05, 3.63) is 42.3 Å². The van der Waals surface area contributed by atoms with E-state index in [1.165, 1.54) is 5.52 Å². The Morgan fingerprint density at radius 2 is 2.18 bits per heavy atom. The van der Waals surface area contributed by atoms with Gasteiger partial charge in [-0.15, -0.1) is 0 Å². The molecule has 0 N–H and O–H groups in total. The molecule has 0 spiro atoms. The molecule has 3 heteroatoms. The van der Waals surface area contributed by atoms with Crippen molar-refractivity contribution in [2.75, 3.05) is 0 Å². The van der Waals surface area contributed by atoms with E-state index < -0.39 is 0 Å². The summed E-state index contributed by atoms with van der Waals surface area (Å²) < 4.78 is 2.19. The minimum atomic E-state index is 0.715. The number of rotatable bonds is 4. The standard InChI is InChI=1S/C14H17NO2/c1-4-11(3)16-17-13-6-7-14-12(10-13)8-9-15(14)5-2/h4,6-10H,5H2,1-3H3. The summed E-state index contributed by atoms with van der Waals surface area (Å²) in [4.78, 5) is 10.3. The summed E-state index contributed by atoms with van der Waals surface area (Å²) >= 11 is 0. The summed E-state index contributed by atoms with van der Waals surface area (Å²) in [6.45, 7) is 6.86.